The van der Waals surface area contributed by atoms with E-state index < -0.39 is 0 Å². The van der Waals surface area contributed by atoms with Crippen LogP contribution in [0.1, 0.15) is 29.8 Å². The number of fused-ring (bicyclic) bond motifs is 1. The zero-order chi connectivity index (χ0) is 10.2. The van der Waals surface area contributed by atoms with Crippen LogP contribution in [0.3, 0.4) is 0 Å². The molecule has 0 aliphatic heterocycles. The van der Waals surface area contributed by atoms with E-state index in [-0.39, 0.29) is 11.2 Å². The molecule has 1 unspecified atom stereocenters. The van der Waals surface area contributed by atoms with Crippen LogP contribution in [0.4, 0.5) is 0 Å². The first-order valence-electron chi connectivity index (χ1n) is 4.94. The molecule has 1 aromatic carbocycles. The van der Waals surface area contributed by atoms with Gasteiger partial charge in [-0.15, -0.1) is 0 Å². The zero-order valence-electron chi connectivity index (χ0n) is 8.58. The summed E-state index contributed by atoms with van der Waals surface area (Å²) in [5.41, 5.74) is 1.77. The molecule has 0 bridgehead atoms. The van der Waals surface area contributed by atoms with Gasteiger partial charge in [-0.2, -0.15) is 0 Å². The van der Waals surface area contributed by atoms with Crippen molar-refractivity contribution in [2.75, 3.05) is 0 Å². The van der Waals surface area contributed by atoms with Crippen LogP contribution in [0.15, 0.2) is 36.4 Å². The van der Waals surface area contributed by atoms with Crippen molar-refractivity contribution in [1.82, 2.24) is 0 Å². The summed E-state index contributed by atoms with van der Waals surface area (Å²) in [5, 5.41) is 0. The van der Waals surface area contributed by atoms with Crippen LogP contribution >= 0.6 is 0 Å². The number of allylic oxidation sites excluding steroid dienone is 2. The lowest BCUT2D eigenvalue weighted by atomic mass is 9.86. The molecule has 1 heteroatoms. The Balaban J connectivity index is 2.48. The third-order valence-electron chi connectivity index (χ3n) is 2.87. The first kappa shape index (κ1) is 9.20. The zero-order valence-corrected chi connectivity index (χ0v) is 8.58. The summed E-state index contributed by atoms with van der Waals surface area (Å²) in [7, 11) is 0. The second kappa shape index (κ2) is 3.09. The maximum Gasteiger partial charge on any atom is 0.173 e. The minimum atomic E-state index is -0.307. The fourth-order valence-electron chi connectivity index (χ4n) is 2.18. The number of Topliss-reactive ketones (excluding diaryl/α,β-unsaturated/α-hetero) is 1. The molecule has 0 heterocycles. The van der Waals surface area contributed by atoms with Crippen molar-refractivity contribution < 1.29 is 4.79 Å². The second-order valence-electron chi connectivity index (χ2n) is 4.08. The van der Waals surface area contributed by atoms with Crippen molar-refractivity contribution >= 4 is 5.78 Å². The summed E-state index contributed by atoms with van der Waals surface area (Å²) in [4.78, 5) is 12.1. The summed E-state index contributed by atoms with van der Waals surface area (Å²) in [6, 6.07) is 7.89. The molecule has 14 heavy (non-hydrogen) atoms. The molecule has 1 aromatic rings. The number of hydrogen-bond donors (Lipinski definition) is 0. The molecule has 2 rings (SSSR count). The molecule has 0 radical (unpaired) electrons. The normalized spacial score (nSPS) is 25.7. The van der Waals surface area contributed by atoms with Crippen molar-refractivity contribution in [1.29, 1.82) is 0 Å². The van der Waals surface area contributed by atoms with E-state index in [1.807, 2.05) is 50.3 Å². The first-order valence-corrected chi connectivity index (χ1v) is 4.94. The van der Waals surface area contributed by atoms with E-state index in [1.54, 1.807) is 0 Å². The van der Waals surface area contributed by atoms with E-state index in [4.69, 9.17) is 0 Å². The SMILES string of the molecule is C/C=C/C1(C)Cc2ccccc2C1=O. The maximum absolute atomic E-state index is 12.1. The van der Waals surface area contributed by atoms with Crippen LogP contribution in [-0.4, -0.2) is 5.78 Å². The van der Waals surface area contributed by atoms with Gasteiger partial charge in [0.1, 0.15) is 0 Å². The molecule has 1 atom stereocenters. The van der Waals surface area contributed by atoms with Crippen molar-refractivity contribution in [2.45, 2.75) is 20.3 Å². The Kier molecular flexibility index (Phi) is 2.03. The third kappa shape index (κ3) is 1.20. The minimum absolute atomic E-state index is 0.256. The topological polar surface area (TPSA) is 17.1 Å². The van der Waals surface area contributed by atoms with Gasteiger partial charge in [-0.1, -0.05) is 36.4 Å². The van der Waals surface area contributed by atoms with Gasteiger partial charge >= 0.3 is 0 Å². The molecule has 0 amide bonds. The maximum atomic E-state index is 12.1. The van der Waals surface area contributed by atoms with Gasteiger partial charge in [0, 0.05) is 5.56 Å². The molecule has 1 aliphatic carbocycles. The van der Waals surface area contributed by atoms with Gasteiger partial charge in [0.05, 0.1) is 5.41 Å². The van der Waals surface area contributed by atoms with Gasteiger partial charge in [0.2, 0.25) is 0 Å². The highest BCUT2D eigenvalue weighted by atomic mass is 16.1. The lowest BCUT2D eigenvalue weighted by molar-refractivity contribution is 0.0891. The molecule has 1 nitrogen and oxygen atoms in total. The van der Waals surface area contributed by atoms with Crippen LogP contribution in [0.25, 0.3) is 0 Å². The smallest absolute Gasteiger partial charge is 0.173 e. The highest BCUT2D eigenvalue weighted by molar-refractivity contribution is 6.05. The molecule has 0 saturated heterocycles. The molecule has 0 spiro atoms. The van der Waals surface area contributed by atoms with E-state index in [2.05, 4.69) is 0 Å². The van der Waals surface area contributed by atoms with Gasteiger partial charge in [-0.3, -0.25) is 4.79 Å². The van der Waals surface area contributed by atoms with Crippen LogP contribution in [-0.2, 0) is 6.42 Å². The highest BCUT2D eigenvalue weighted by Crippen LogP contribution is 2.37. The predicted molar refractivity (Wildman–Crippen MR) is 57.4 cm³/mol. The average Bonchev–Trinajstić information content (AvgIpc) is 2.41. The number of ketones is 1. The van der Waals surface area contributed by atoms with Crippen LogP contribution in [0.5, 0.6) is 0 Å². The van der Waals surface area contributed by atoms with Gasteiger partial charge in [0.25, 0.3) is 0 Å². The number of hydrogen-bond acceptors (Lipinski definition) is 1. The van der Waals surface area contributed by atoms with Gasteiger partial charge in [0.15, 0.2) is 5.78 Å². The largest absolute Gasteiger partial charge is 0.293 e. The van der Waals surface area contributed by atoms with E-state index in [0.29, 0.717) is 0 Å². The second-order valence-corrected chi connectivity index (χ2v) is 4.08. The summed E-state index contributed by atoms with van der Waals surface area (Å²) in [5.74, 6) is 0.256. The van der Waals surface area contributed by atoms with Crippen molar-refractivity contribution in [3.05, 3.63) is 47.5 Å². The monoisotopic (exact) mass is 186 g/mol. The molecule has 0 saturated carbocycles. The Morgan fingerprint density at radius 1 is 1.36 bits per heavy atom. The molecule has 1 aliphatic rings. The fraction of sp³-hybridized carbons (Fsp3) is 0.308. The summed E-state index contributed by atoms with van der Waals surface area (Å²) in [6.07, 6.45) is 4.81. The van der Waals surface area contributed by atoms with E-state index in [0.717, 1.165) is 12.0 Å². The molecular weight excluding hydrogens is 172 g/mol. The van der Waals surface area contributed by atoms with Crippen LogP contribution < -0.4 is 0 Å². The minimum Gasteiger partial charge on any atom is -0.293 e. The molecule has 0 fully saturated rings. The summed E-state index contributed by atoms with van der Waals surface area (Å²) >= 11 is 0. The standard InChI is InChI=1S/C13H14O/c1-3-8-13(2)9-10-6-4-5-7-11(10)12(13)14/h3-8H,9H2,1-2H3/b8-3+. The van der Waals surface area contributed by atoms with E-state index in [1.165, 1.54) is 5.56 Å². The molecule has 0 aromatic heterocycles. The fourth-order valence-corrected chi connectivity index (χ4v) is 2.18. The Labute approximate surface area is 84.5 Å². The Morgan fingerprint density at radius 3 is 2.71 bits per heavy atom. The van der Waals surface area contributed by atoms with Crippen molar-refractivity contribution in [3.8, 4) is 0 Å². The Hall–Kier alpha value is -1.37. The molecule has 72 valence electrons. The Bertz CT molecular complexity index is 403. The molecular formula is C13H14O. The number of rotatable bonds is 1. The predicted octanol–water partition coefficient (Wildman–Crippen LogP) is 3.01. The van der Waals surface area contributed by atoms with E-state index >= 15 is 0 Å². The van der Waals surface area contributed by atoms with Crippen molar-refractivity contribution in [2.24, 2.45) is 5.41 Å². The van der Waals surface area contributed by atoms with Crippen LogP contribution in [0.2, 0.25) is 0 Å². The number of carbonyl (C=O) groups is 1. The Morgan fingerprint density at radius 2 is 2.07 bits per heavy atom. The van der Waals surface area contributed by atoms with Gasteiger partial charge < -0.3 is 0 Å². The highest BCUT2D eigenvalue weighted by Gasteiger charge is 2.38. The summed E-state index contributed by atoms with van der Waals surface area (Å²) in [6.45, 7) is 3.97. The number of benzene rings is 1. The van der Waals surface area contributed by atoms with Crippen molar-refractivity contribution in [3.63, 3.8) is 0 Å². The lowest BCUT2D eigenvalue weighted by Crippen LogP contribution is -2.20. The first-order chi connectivity index (χ1) is 6.67. The lowest BCUT2D eigenvalue weighted by Gasteiger charge is -2.15. The number of carbonyl (C=O) groups excluding carboxylic acids is 1. The van der Waals surface area contributed by atoms with Crippen LogP contribution in [0, 0.1) is 5.41 Å². The summed E-state index contributed by atoms with van der Waals surface area (Å²) < 4.78 is 0. The quantitative estimate of drug-likeness (QED) is 0.616. The van der Waals surface area contributed by atoms with E-state index in [9.17, 15) is 4.79 Å². The third-order valence-corrected chi connectivity index (χ3v) is 2.87. The van der Waals surface area contributed by atoms with Gasteiger partial charge in [-0.25, -0.2) is 0 Å². The van der Waals surface area contributed by atoms with Gasteiger partial charge in [-0.05, 0) is 25.8 Å². The average molecular weight is 186 g/mol. The molecule has 0 N–H and O–H groups in total.